The molecular formula is C25H28N4O3. The number of fused-ring (bicyclic) bond motifs is 1. The van der Waals surface area contributed by atoms with E-state index in [4.69, 9.17) is 0 Å². The van der Waals surface area contributed by atoms with Gasteiger partial charge in [0.1, 0.15) is 6.04 Å². The number of piperidine rings is 1. The van der Waals surface area contributed by atoms with Crippen LogP contribution in [0, 0.1) is 0 Å². The molecule has 2 aromatic carbocycles. The van der Waals surface area contributed by atoms with Gasteiger partial charge >= 0.3 is 0 Å². The first-order chi connectivity index (χ1) is 15.6. The van der Waals surface area contributed by atoms with Crippen LogP contribution in [-0.2, 0) is 29.1 Å². The molecule has 3 aliphatic heterocycles. The standard InChI is InChI=1S/C25H28N4O3/c30-23-9-8-22(24(31)28-23)29-15-18-7-6-17(12-19(18)25(29)32)14-27-20-10-11-26-21(20)13-16-4-2-1-3-5-16/h1-7,12,20-22,26-27H,8-11,13-15H2,(H,28,30,31). The fraction of sp³-hybridized carbons (Fsp3) is 0.400. The summed E-state index contributed by atoms with van der Waals surface area (Å²) in [5.41, 5.74) is 4.00. The predicted octanol–water partition coefficient (Wildman–Crippen LogP) is 1.51. The highest BCUT2D eigenvalue weighted by atomic mass is 16.2. The van der Waals surface area contributed by atoms with Crippen LogP contribution in [0.4, 0.5) is 0 Å². The van der Waals surface area contributed by atoms with Crippen molar-refractivity contribution < 1.29 is 14.4 Å². The summed E-state index contributed by atoms with van der Waals surface area (Å²) in [6.07, 6.45) is 2.72. The normalized spacial score (nSPS) is 25.2. The van der Waals surface area contributed by atoms with Gasteiger partial charge < -0.3 is 15.5 Å². The van der Waals surface area contributed by atoms with E-state index in [-0.39, 0.29) is 24.1 Å². The third-order valence-electron chi connectivity index (χ3n) is 6.81. The molecule has 3 unspecified atom stereocenters. The second-order valence-corrected chi connectivity index (χ2v) is 8.92. The van der Waals surface area contributed by atoms with Crippen LogP contribution < -0.4 is 16.0 Å². The van der Waals surface area contributed by atoms with E-state index in [2.05, 4.69) is 46.3 Å². The number of nitrogens with zero attached hydrogens (tertiary/aromatic N) is 1. The van der Waals surface area contributed by atoms with Gasteiger partial charge in [0, 0.05) is 37.2 Å². The minimum atomic E-state index is -0.572. The molecule has 0 saturated carbocycles. The van der Waals surface area contributed by atoms with E-state index < -0.39 is 6.04 Å². The second kappa shape index (κ2) is 8.84. The molecule has 2 fully saturated rings. The maximum atomic E-state index is 13.0. The van der Waals surface area contributed by atoms with Crippen molar-refractivity contribution in [3.63, 3.8) is 0 Å². The molecule has 166 valence electrons. The Kier molecular flexibility index (Phi) is 5.76. The smallest absolute Gasteiger partial charge is 0.255 e. The van der Waals surface area contributed by atoms with Gasteiger partial charge in [-0.05, 0) is 48.6 Å². The number of nitrogens with one attached hydrogen (secondary N) is 3. The molecule has 0 spiro atoms. The van der Waals surface area contributed by atoms with E-state index in [1.54, 1.807) is 4.90 Å². The summed E-state index contributed by atoms with van der Waals surface area (Å²) in [7, 11) is 0. The molecule has 2 saturated heterocycles. The van der Waals surface area contributed by atoms with Crippen molar-refractivity contribution in [3.05, 3.63) is 70.8 Å². The Morgan fingerprint density at radius 1 is 1.00 bits per heavy atom. The first kappa shape index (κ1) is 20.8. The molecule has 5 rings (SSSR count). The Hall–Kier alpha value is -3.03. The Morgan fingerprint density at radius 3 is 2.66 bits per heavy atom. The third-order valence-corrected chi connectivity index (χ3v) is 6.81. The van der Waals surface area contributed by atoms with Crippen LogP contribution in [-0.4, -0.2) is 47.3 Å². The van der Waals surface area contributed by atoms with Gasteiger partial charge in [0.25, 0.3) is 5.91 Å². The van der Waals surface area contributed by atoms with Gasteiger partial charge in [0.2, 0.25) is 11.8 Å². The van der Waals surface area contributed by atoms with Gasteiger partial charge in [0.15, 0.2) is 0 Å². The number of amides is 3. The molecule has 7 heteroatoms. The largest absolute Gasteiger partial charge is 0.322 e. The summed E-state index contributed by atoms with van der Waals surface area (Å²) in [5, 5.41) is 9.63. The molecule has 0 bridgehead atoms. The maximum Gasteiger partial charge on any atom is 0.255 e. The summed E-state index contributed by atoms with van der Waals surface area (Å²) < 4.78 is 0. The predicted molar refractivity (Wildman–Crippen MR) is 120 cm³/mol. The SMILES string of the molecule is O=C1CCC(N2Cc3ccc(CNC4CCNC4Cc4ccccc4)cc3C2=O)C(=O)N1. The number of carbonyl (C=O) groups excluding carboxylic acids is 3. The first-order valence-electron chi connectivity index (χ1n) is 11.4. The van der Waals surface area contributed by atoms with Gasteiger partial charge in [-0.25, -0.2) is 0 Å². The van der Waals surface area contributed by atoms with E-state index in [9.17, 15) is 14.4 Å². The Morgan fingerprint density at radius 2 is 1.84 bits per heavy atom. The summed E-state index contributed by atoms with van der Waals surface area (Å²) in [6.45, 7) is 2.11. The van der Waals surface area contributed by atoms with Crippen LogP contribution in [0.3, 0.4) is 0 Å². The van der Waals surface area contributed by atoms with E-state index in [1.165, 1.54) is 5.56 Å². The molecule has 3 N–H and O–H groups in total. The number of carbonyl (C=O) groups is 3. The number of hydrogen-bond acceptors (Lipinski definition) is 5. The van der Waals surface area contributed by atoms with Crippen molar-refractivity contribution in [3.8, 4) is 0 Å². The van der Waals surface area contributed by atoms with E-state index in [0.717, 1.165) is 30.5 Å². The van der Waals surface area contributed by atoms with Gasteiger partial charge in [0.05, 0.1) is 0 Å². The summed E-state index contributed by atoms with van der Waals surface area (Å²) >= 11 is 0. The number of rotatable bonds is 6. The van der Waals surface area contributed by atoms with E-state index >= 15 is 0 Å². The fourth-order valence-electron chi connectivity index (χ4n) is 5.06. The summed E-state index contributed by atoms with van der Waals surface area (Å²) in [6, 6.07) is 16.7. The van der Waals surface area contributed by atoms with Crippen molar-refractivity contribution in [2.24, 2.45) is 0 Å². The average molecular weight is 433 g/mol. The quantitative estimate of drug-likeness (QED) is 0.602. The minimum absolute atomic E-state index is 0.124. The lowest BCUT2D eigenvalue weighted by Crippen LogP contribution is -2.52. The molecule has 0 aliphatic carbocycles. The third kappa shape index (κ3) is 4.18. The topological polar surface area (TPSA) is 90.5 Å². The lowest BCUT2D eigenvalue weighted by Gasteiger charge is -2.29. The lowest BCUT2D eigenvalue weighted by molar-refractivity contribution is -0.136. The van der Waals surface area contributed by atoms with Crippen LogP contribution in [0.2, 0.25) is 0 Å². The van der Waals surface area contributed by atoms with Crippen molar-refractivity contribution in [2.45, 2.75) is 56.9 Å². The van der Waals surface area contributed by atoms with Gasteiger partial charge in [-0.2, -0.15) is 0 Å². The average Bonchev–Trinajstić information content (AvgIpc) is 3.37. The molecule has 3 aliphatic rings. The Bertz CT molecular complexity index is 1040. The zero-order valence-electron chi connectivity index (χ0n) is 18.0. The van der Waals surface area contributed by atoms with Crippen LogP contribution >= 0.6 is 0 Å². The highest BCUT2D eigenvalue weighted by molar-refractivity contribution is 6.05. The second-order valence-electron chi connectivity index (χ2n) is 8.92. The van der Waals surface area contributed by atoms with Gasteiger partial charge in [-0.15, -0.1) is 0 Å². The number of benzene rings is 2. The van der Waals surface area contributed by atoms with Crippen molar-refractivity contribution >= 4 is 17.7 Å². The Balaban J connectivity index is 1.22. The van der Waals surface area contributed by atoms with Crippen LogP contribution in [0.1, 0.15) is 46.3 Å². The summed E-state index contributed by atoms with van der Waals surface area (Å²) in [5.74, 6) is -0.765. The first-order valence-corrected chi connectivity index (χ1v) is 11.4. The monoisotopic (exact) mass is 432 g/mol. The van der Waals surface area contributed by atoms with Crippen molar-refractivity contribution in [1.29, 1.82) is 0 Å². The lowest BCUT2D eigenvalue weighted by atomic mass is 10.00. The highest BCUT2D eigenvalue weighted by Crippen LogP contribution is 2.28. The maximum absolute atomic E-state index is 13.0. The fourth-order valence-corrected chi connectivity index (χ4v) is 5.06. The molecule has 7 nitrogen and oxygen atoms in total. The zero-order valence-corrected chi connectivity index (χ0v) is 18.0. The van der Waals surface area contributed by atoms with Crippen LogP contribution in [0.5, 0.6) is 0 Å². The molecule has 32 heavy (non-hydrogen) atoms. The van der Waals surface area contributed by atoms with E-state index in [1.807, 2.05) is 18.2 Å². The molecule has 3 atom stereocenters. The molecule has 3 amide bonds. The van der Waals surface area contributed by atoms with Crippen molar-refractivity contribution in [2.75, 3.05) is 6.54 Å². The van der Waals surface area contributed by atoms with Crippen LogP contribution in [0.15, 0.2) is 48.5 Å². The summed E-state index contributed by atoms with van der Waals surface area (Å²) in [4.78, 5) is 38.3. The van der Waals surface area contributed by atoms with Gasteiger partial charge in [-0.1, -0.05) is 42.5 Å². The zero-order chi connectivity index (χ0) is 22.1. The molecule has 0 aromatic heterocycles. The number of imide groups is 1. The molecular weight excluding hydrogens is 404 g/mol. The van der Waals surface area contributed by atoms with Gasteiger partial charge in [-0.3, -0.25) is 19.7 Å². The molecule has 3 heterocycles. The van der Waals surface area contributed by atoms with Crippen molar-refractivity contribution in [1.82, 2.24) is 20.9 Å². The van der Waals surface area contributed by atoms with Crippen LogP contribution in [0.25, 0.3) is 0 Å². The number of hydrogen-bond donors (Lipinski definition) is 3. The highest BCUT2D eigenvalue weighted by Gasteiger charge is 2.39. The Labute approximate surface area is 187 Å². The minimum Gasteiger partial charge on any atom is -0.322 e. The van der Waals surface area contributed by atoms with E-state index in [0.29, 0.717) is 37.2 Å². The molecule has 0 radical (unpaired) electrons. The molecule has 2 aromatic rings.